The van der Waals surface area contributed by atoms with E-state index in [4.69, 9.17) is 10.5 Å². The molecule has 0 aliphatic heterocycles. The van der Waals surface area contributed by atoms with Crippen LogP contribution in [0.25, 0.3) is 0 Å². The summed E-state index contributed by atoms with van der Waals surface area (Å²) in [5.74, 6) is -0.236. The van der Waals surface area contributed by atoms with E-state index in [2.05, 4.69) is 0 Å². The molecule has 2 aromatic rings. The second-order valence-electron chi connectivity index (χ2n) is 4.16. The van der Waals surface area contributed by atoms with Gasteiger partial charge in [0.1, 0.15) is 5.82 Å². The molecule has 0 unspecified atom stereocenters. The minimum Gasteiger partial charge on any atom is -0.375 e. The quantitative estimate of drug-likeness (QED) is 0.878. The molecule has 0 aliphatic carbocycles. The Balaban J connectivity index is 1.80. The first kappa shape index (κ1) is 12.7. The predicted octanol–water partition coefficient (Wildman–Crippen LogP) is 3.04. The van der Waals surface area contributed by atoms with Crippen molar-refractivity contribution in [2.45, 2.75) is 12.6 Å². The molecule has 0 spiro atoms. The standard InChI is InChI=1S/C15H16FNO/c16-14-8-6-12(7-9-14)10-18-11-15(17)13-4-2-1-3-5-13/h1-9,15H,10-11,17H2/t15-/m1/s1. The van der Waals surface area contributed by atoms with E-state index in [0.717, 1.165) is 11.1 Å². The summed E-state index contributed by atoms with van der Waals surface area (Å²) in [5.41, 5.74) is 7.99. The van der Waals surface area contributed by atoms with Crippen molar-refractivity contribution < 1.29 is 9.13 Å². The van der Waals surface area contributed by atoms with E-state index < -0.39 is 0 Å². The summed E-state index contributed by atoms with van der Waals surface area (Å²) in [4.78, 5) is 0. The Morgan fingerprint density at radius 2 is 1.67 bits per heavy atom. The Labute approximate surface area is 106 Å². The lowest BCUT2D eigenvalue weighted by atomic mass is 10.1. The minimum absolute atomic E-state index is 0.133. The molecule has 0 saturated carbocycles. The molecular weight excluding hydrogens is 229 g/mol. The highest BCUT2D eigenvalue weighted by Gasteiger charge is 2.05. The highest BCUT2D eigenvalue weighted by molar-refractivity contribution is 5.18. The van der Waals surface area contributed by atoms with Gasteiger partial charge in [0.05, 0.1) is 19.3 Å². The number of ether oxygens (including phenoxy) is 1. The molecule has 0 aromatic heterocycles. The number of rotatable bonds is 5. The van der Waals surface area contributed by atoms with Crippen molar-refractivity contribution in [3.8, 4) is 0 Å². The van der Waals surface area contributed by atoms with Gasteiger partial charge in [-0.25, -0.2) is 4.39 Å². The molecule has 2 nitrogen and oxygen atoms in total. The molecule has 0 heterocycles. The smallest absolute Gasteiger partial charge is 0.123 e. The van der Waals surface area contributed by atoms with Gasteiger partial charge in [-0.15, -0.1) is 0 Å². The van der Waals surface area contributed by atoms with Crippen molar-refractivity contribution in [2.75, 3.05) is 6.61 Å². The van der Waals surface area contributed by atoms with E-state index in [9.17, 15) is 4.39 Å². The van der Waals surface area contributed by atoms with Crippen LogP contribution in [0.1, 0.15) is 17.2 Å². The maximum Gasteiger partial charge on any atom is 0.123 e. The molecule has 3 heteroatoms. The topological polar surface area (TPSA) is 35.2 Å². The second kappa shape index (κ2) is 6.28. The van der Waals surface area contributed by atoms with E-state index >= 15 is 0 Å². The lowest BCUT2D eigenvalue weighted by Crippen LogP contribution is -2.16. The molecule has 94 valence electrons. The van der Waals surface area contributed by atoms with Crippen LogP contribution in [0.2, 0.25) is 0 Å². The first-order valence-electron chi connectivity index (χ1n) is 5.88. The van der Waals surface area contributed by atoms with E-state index in [1.807, 2.05) is 30.3 Å². The van der Waals surface area contributed by atoms with Gasteiger partial charge in [0.25, 0.3) is 0 Å². The average molecular weight is 245 g/mol. The average Bonchev–Trinajstić information content (AvgIpc) is 2.42. The highest BCUT2D eigenvalue weighted by atomic mass is 19.1. The van der Waals surface area contributed by atoms with Crippen molar-refractivity contribution in [3.63, 3.8) is 0 Å². The summed E-state index contributed by atoms with van der Waals surface area (Å²) in [7, 11) is 0. The minimum atomic E-state index is -0.236. The fourth-order valence-electron chi connectivity index (χ4n) is 1.68. The molecule has 18 heavy (non-hydrogen) atoms. The van der Waals surface area contributed by atoms with Crippen LogP contribution in [0, 0.1) is 5.82 Å². The number of halogens is 1. The summed E-state index contributed by atoms with van der Waals surface area (Å²) in [6.45, 7) is 0.891. The van der Waals surface area contributed by atoms with Gasteiger partial charge >= 0.3 is 0 Å². The number of benzene rings is 2. The van der Waals surface area contributed by atoms with Gasteiger partial charge in [-0.1, -0.05) is 42.5 Å². The van der Waals surface area contributed by atoms with Gasteiger partial charge in [0.15, 0.2) is 0 Å². The van der Waals surface area contributed by atoms with Crippen molar-refractivity contribution >= 4 is 0 Å². The van der Waals surface area contributed by atoms with Crippen LogP contribution in [0.5, 0.6) is 0 Å². The third-order valence-electron chi connectivity index (χ3n) is 2.71. The molecule has 0 amide bonds. The normalized spacial score (nSPS) is 12.3. The second-order valence-corrected chi connectivity index (χ2v) is 4.16. The van der Waals surface area contributed by atoms with Gasteiger partial charge in [0.2, 0.25) is 0 Å². The van der Waals surface area contributed by atoms with Crippen molar-refractivity contribution in [1.82, 2.24) is 0 Å². The summed E-state index contributed by atoms with van der Waals surface area (Å²) in [5, 5.41) is 0. The SMILES string of the molecule is N[C@H](COCc1ccc(F)cc1)c1ccccc1. The maximum absolute atomic E-state index is 12.7. The van der Waals surface area contributed by atoms with Gasteiger partial charge in [-0.05, 0) is 23.3 Å². The molecule has 0 radical (unpaired) electrons. The summed E-state index contributed by atoms with van der Waals surface area (Å²) >= 11 is 0. The van der Waals surface area contributed by atoms with Gasteiger partial charge in [-0.2, -0.15) is 0 Å². The van der Waals surface area contributed by atoms with Crippen LogP contribution in [0.4, 0.5) is 4.39 Å². The van der Waals surface area contributed by atoms with Gasteiger partial charge in [-0.3, -0.25) is 0 Å². The van der Waals surface area contributed by atoms with Crippen LogP contribution < -0.4 is 5.73 Å². The lowest BCUT2D eigenvalue weighted by Gasteiger charge is -2.12. The molecule has 2 aromatic carbocycles. The van der Waals surface area contributed by atoms with E-state index in [0.29, 0.717) is 13.2 Å². The first-order valence-corrected chi connectivity index (χ1v) is 5.88. The van der Waals surface area contributed by atoms with Crippen LogP contribution in [0.15, 0.2) is 54.6 Å². The summed E-state index contributed by atoms with van der Waals surface area (Å²) in [6.07, 6.45) is 0. The zero-order chi connectivity index (χ0) is 12.8. The largest absolute Gasteiger partial charge is 0.375 e. The molecule has 0 aliphatic rings. The lowest BCUT2D eigenvalue weighted by molar-refractivity contribution is 0.108. The van der Waals surface area contributed by atoms with Crippen LogP contribution in [-0.4, -0.2) is 6.61 Å². The fraction of sp³-hybridized carbons (Fsp3) is 0.200. The summed E-state index contributed by atoms with van der Waals surface area (Å²) in [6, 6.07) is 16.0. The van der Waals surface area contributed by atoms with Gasteiger partial charge < -0.3 is 10.5 Å². The van der Waals surface area contributed by atoms with Crippen molar-refractivity contribution in [1.29, 1.82) is 0 Å². The maximum atomic E-state index is 12.7. The molecule has 1 atom stereocenters. The van der Waals surface area contributed by atoms with Crippen LogP contribution >= 0.6 is 0 Å². The van der Waals surface area contributed by atoms with E-state index in [-0.39, 0.29) is 11.9 Å². The fourth-order valence-corrected chi connectivity index (χ4v) is 1.68. The predicted molar refractivity (Wildman–Crippen MR) is 69.4 cm³/mol. The van der Waals surface area contributed by atoms with Crippen LogP contribution in [0.3, 0.4) is 0 Å². The molecule has 2 rings (SSSR count). The van der Waals surface area contributed by atoms with Crippen molar-refractivity contribution in [3.05, 3.63) is 71.5 Å². The third-order valence-corrected chi connectivity index (χ3v) is 2.71. The van der Waals surface area contributed by atoms with Crippen LogP contribution in [-0.2, 0) is 11.3 Å². The Hall–Kier alpha value is -1.71. The molecule has 0 bridgehead atoms. The number of hydrogen-bond donors (Lipinski definition) is 1. The monoisotopic (exact) mass is 245 g/mol. The Kier molecular flexibility index (Phi) is 4.45. The van der Waals surface area contributed by atoms with E-state index in [1.54, 1.807) is 12.1 Å². The Morgan fingerprint density at radius 1 is 1.00 bits per heavy atom. The highest BCUT2D eigenvalue weighted by Crippen LogP contribution is 2.11. The Morgan fingerprint density at radius 3 is 2.33 bits per heavy atom. The van der Waals surface area contributed by atoms with Gasteiger partial charge in [0, 0.05) is 0 Å². The molecular formula is C15H16FNO. The Bertz CT molecular complexity index is 470. The van der Waals surface area contributed by atoms with Crippen molar-refractivity contribution in [2.24, 2.45) is 5.73 Å². The first-order chi connectivity index (χ1) is 8.75. The molecule has 0 saturated heterocycles. The number of nitrogens with two attached hydrogens (primary N) is 1. The zero-order valence-corrected chi connectivity index (χ0v) is 10.1. The third kappa shape index (κ3) is 3.65. The number of hydrogen-bond acceptors (Lipinski definition) is 2. The zero-order valence-electron chi connectivity index (χ0n) is 10.1. The summed E-state index contributed by atoms with van der Waals surface area (Å²) < 4.78 is 18.2. The molecule has 0 fully saturated rings. The molecule has 2 N–H and O–H groups in total. The van der Waals surface area contributed by atoms with E-state index in [1.165, 1.54) is 12.1 Å².